The molecule has 9 heteroatoms. The average Bonchev–Trinajstić information content (AvgIpc) is 2.59. The quantitative estimate of drug-likeness (QED) is 0.562. The smallest absolute Gasteiger partial charge is 0.302 e. The zero-order valence-corrected chi connectivity index (χ0v) is 12.2. The highest BCUT2D eigenvalue weighted by molar-refractivity contribution is 5.91. The number of aromatic nitrogens is 4. The second-order valence-corrected chi connectivity index (χ2v) is 4.85. The summed E-state index contributed by atoms with van der Waals surface area (Å²) in [7, 11) is 0. The van der Waals surface area contributed by atoms with Crippen molar-refractivity contribution in [3.8, 4) is 11.5 Å². The van der Waals surface area contributed by atoms with Gasteiger partial charge in [-0.25, -0.2) is 4.98 Å². The van der Waals surface area contributed by atoms with Gasteiger partial charge < -0.3 is 16.0 Å². The number of hydrogen-bond donors (Lipinski definition) is 3. The van der Waals surface area contributed by atoms with Crippen LogP contribution in [0.25, 0.3) is 11.5 Å². The summed E-state index contributed by atoms with van der Waals surface area (Å²) in [6, 6.07) is 4.66. The molecule has 2 aliphatic heterocycles. The number of carbonyl (C=O) groups is 1. The van der Waals surface area contributed by atoms with Crippen LogP contribution >= 0.6 is 0 Å². The molecular formula is C15H11N6O3. The zero-order valence-electron chi connectivity index (χ0n) is 12.2. The van der Waals surface area contributed by atoms with Gasteiger partial charge in [-0.15, -0.1) is 0 Å². The Morgan fingerprint density at radius 3 is 2.88 bits per heavy atom. The molecule has 9 nitrogen and oxygen atoms in total. The first-order chi connectivity index (χ1) is 11.6. The van der Waals surface area contributed by atoms with Crippen molar-refractivity contribution < 1.29 is 9.59 Å². The largest absolute Gasteiger partial charge is 0.379 e. The van der Waals surface area contributed by atoms with Gasteiger partial charge in [-0.1, -0.05) is 0 Å². The molecular weight excluding hydrogens is 312 g/mol. The van der Waals surface area contributed by atoms with E-state index in [1.54, 1.807) is 18.5 Å². The van der Waals surface area contributed by atoms with Crippen LogP contribution in [0.1, 0.15) is 21.6 Å². The third kappa shape index (κ3) is 2.95. The molecule has 4 N–H and O–H groups in total. The van der Waals surface area contributed by atoms with Gasteiger partial charge in [0.2, 0.25) is 12.2 Å². The van der Waals surface area contributed by atoms with E-state index >= 15 is 0 Å². The van der Waals surface area contributed by atoms with Crippen LogP contribution < -0.4 is 16.6 Å². The van der Waals surface area contributed by atoms with E-state index in [1.807, 2.05) is 0 Å². The molecule has 0 fully saturated rings. The van der Waals surface area contributed by atoms with Gasteiger partial charge in [0.15, 0.2) is 17.8 Å². The summed E-state index contributed by atoms with van der Waals surface area (Å²) in [6.45, 7) is 0.276. The topological polar surface area (TPSA) is 144 Å². The lowest BCUT2D eigenvalue weighted by Crippen LogP contribution is -2.19. The SMILES string of the molecule is Nc1nc2[nH]cc(CNc3ccc([C]=O)c(C=O)c3)nc-2c(=O)n1. The minimum absolute atomic E-state index is 0.0861. The Bertz CT molecular complexity index is 952. The Hall–Kier alpha value is -3.62. The molecule has 1 aromatic carbocycles. The molecule has 3 rings (SSSR count). The molecule has 1 aromatic rings. The number of anilines is 2. The molecule has 0 spiro atoms. The summed E-state index contributed by atoms with van der Waals surface area (Å²) in [5.74, 6) is 0.134. The summed E-state index contributed by atoms with van der Waals surface area (Å²) in [5, 5.41) is 3.04. The minimum Gasteiger partial charge on any atom is -0.379 e. The molecule has 0 saturated heterocycles. The third-order valence-corrected chi connectivity index (χ3v) is 3.26. The van der Waals surface area contributed by atoms with Crippen molar-refractivity contribution in [1.82, 2.24) is 19.9 Å². The number of nitrogen functional groups attached to an aromatic ring is 1. The molecule has 2 aliphatic rings. The Kier molecular flexibility index (Phi) is 3.98. The van der Waals surface area contributed by atoms with E-state index in [0.29, 0.717) is 17.7 Å². The summed E-state index contributed by atoms with van der Waals surface area (Å²) in [6.07, 6.45) is 3.85. The second kappa shape index (κ2) is 6.24. The van der Waals surface area contributed by atoms with Crippen molar-refractivity contribution in [2.75, 3.05) is 11.1 Å². The molecule has 0 atom stereocenters. The summed E-state index contributed by atoms with van der Waals surface area (Å²) in [4.78, 5) is 47.9. The van der Waals surface area contributed by atoms with Crippen LogP contribution in [-0.2, 0) is 11.3 Å². The van der Waals surface area contributed by atoms with Gasteiger partial charge in [-0.2, -0.15) is 9.97 Å². The van der Waals surface area contributed by atoms with Crippen LogP contribution in [0.2, 0.25) is 0 Å². The fraction of sp³-hybridized carbons (Fsp3) is 0.0667. The van der Waals surface area contributed by atoms with Crippen LogP contribution in [0.5, 0.6) is 0 Å². The van der Waals surface area contributed by atoms with Crippen LogP contribution in [-0.4, -0.2) is 32.5 Å². The van der Waals surface area contributed by atoms with Crippen LogP contribution in [0, 0.1) is 0 Å². The number of nitrogens with zero attached hydrogens (tertiary/aromatic N) is 3. The number of carbonyl (C=O) groups excluding carboxylic acids is 2. The molecule has 2 heterocycles. The van der Waals surface area contributed by atoms with Crippen LogP contribution in [0.15, 0.2) is 29.2 Å². The van der Waals surface area contributed by atoms with Crippen LogP contribution in [0.4, 0.5) is 11.6 Å². The van der Waals surface area contributed by atoms with E-state index < -0.39 is 5.56 Å². The fourth-order valence-electron chi connectivity index (χ4n) is 2.13. The first kappa shape index (κ1) is 15.3. The molecule has 119 valence electrons. The molecule has 24 heavy (non-hydrogen) atoms. The number of nitrogens with two attached hydrogens (primary N) is 1. The van der Waals surface area contributed by atoms with Crippen molar-refractivity contribution in [1.29, 1.82) is 0 Å². The minimum atomic E-state index is -0.565. The molecule has 0 aliphatic carbocycles. The number of hydrogen-bond acceptors (Lipinski definition) is 8. The lowest BCUT2D eigenvalue weighted by molar-refractivity contribution is 0.112. The van der Waals surface area contributed by atoms with E-state index in [4.69, 9.17) is 5.73 Å². The van der Waals surface area contributed by atoms with Gasteiger partial charge in [0.1, 0.15) is 0 Å². The van der Waals surface area contributed by atoms with Crippen LogP contribution in [0.3, 0.4) is 0 Å². The van der Waals surface area contributed by atoms with Gasteiger partial charge >= 0.3 is 5.56 Å². The fourth-order valence-corrected chi connectivity index (χ4v) is 2.13. The number of aldehydes is 1. The molecule has 0 aromatic heterocycles. The van der Waals surface area contributed by atoms with E-state index in [-0.39, 0.29) is 35.1 Å². The van der Waals surface area contributed by atoms with Gasteiger partial charge in [0.05, 0.1) is 12.2 Å². The first-order valence-corrected chi connectivity index (χ1v) is 6.84. The number of rotatable bonds is 5. The maximum absolute atomic E-state index is 11.8. The molecule has 0 saturated carbocycles. The molecule has 0 unspecified atom stereocenters. The third-order valence-electron chi connectivity index (χ3n) is 3.26. The number of aromatic amines is 1. The van der Waals surface area contributed by atoms with E-state index in [0.717, 1.165) is 0 Å². The average molecular weight is 323 g/mol. The van der Waals surface area contributed by atoms with Gasteiger partial charge in [-0.05, 0) is 18.2 Å². The van der Waals surface area contributed by atoms with E-state index in [2.05, 4.69) is 25.3 Å². The predicted octanol–water partition coefficient (Wildman–Crippen LogP) is 0.129. The monoisotopic (exact) mass is 323 g/mol. The number of benzene rings is 1. The maximum Gasteiger partial charge on any atom is 0.302 e. The lowest BCUT2D eigenvalue weighted by Gasteiger charge is -2.09. The lowest BCUT2D eigenvalue weighted by atomic mass is 10.1. The Morgan fingerprint density at radius 1 is 1.29 bits per heavy atom. The Balaban J connectivity index is 1.84. The standard InChI is InChI=1S/C15H11N6O3/c16-15-20-13-12(14(24)21-15)19-11(5-18-13)4-17-10-2-1-8(6-22)9(3-10)7-23/h1-3,5,7,17H,4H2,(H3,16,18,20,21,24). The Morgan fingerprint density at radius 2 is 2.12 bits per heavy atom. The highest BCUT2D eigenvalue weighted by Crippen LogP contribution is 2.15. The summed E-state index contributed by atoms with van der Waals surface area (Å²) in [5.41, 5.74) is 6.51. The Labute approximate surface area is 135 Å². The summed E-state index contributed by atoms with van der Waals surface area (Å²) >= 11 is 0. The predicted molar refractivity (Wildman–Crippen MR) is 85.4 cm³/mol. The second-order valence-electron chi connectivity index (χ2n) is 4.85. The summed E-state index contributed by atoms with van der Waals surface area (Å²) < 4.78 is 0. The zero-order chi connectivity index (χ0) is 17.1. The van der Waals surface area contributed by atoms with Gasteiger partial charge in [0, 0.05) is 23.0 Å². The number of fused-ring (bicyclic) bond motifs is 1. The molecule has 1 radical (unpaired) electrons. The number of nitrogens with one attached hydrogen (secondary N) is 2. The van der Waals surface area contributed by atoms with Crippen molar-refractivity contribution >= 4 is 24.2 Å². The number of H-pyrrole nitrogens is 1. The maximum atomic E-state index is 11.8. The van der Waals surface area contributed by atoms with Crippen molar-refractivity contribution in [2.24, 2.45) is 0 Å². The highest BCUT2D eigenvalue weighted by atomic mass is 16.1. The molecule has 0 amide bonds. The van der Waals surface area contributed by atoms with E-state index in [9.17, 15) is 14.4 Å². The van der Waals surface area contributed by atoms with Gasteiger partial charge in [0.25, 0.3) is 0 Å². The van der Waals surface area contributed by atoms with E-state index in [1.165, 1.54) is 12.1 Å². The normalized spacial score (nSPS) is 10.5. The van der Waals surface area contributed by atoms with Crippen molar-refractivity contribution in [2.45, 2.75) is 6.54 Å². The van der Waals surface area contributed by atoms with Crippen molar-refractivity contribution in [3.63, 3.8) is 0 Å². The van der Waals surface area contributed by atoms with Gasteiger partial charge in [-0.3, -0.25) is 14.4 Å². The molecule has 0 bridgehead atoms. The van der Waals surface area contributed by atoms with Crippen molar-refractivity contribution in [3.05, 3.63) is 51.6 Å². The first-order valence-electron chi connectivity index (χ1n) is 6.84. The highest BCUT2D eigenvalue weighted by Gasteiger charge is 2.13.